The van der Waals surface area contributed by atoms with E-state index in [1.807, 2.05) is 42.5 Å². The van der Waals surface area contributed by atoms with E-state index in [9.17, 15) is 4.21 Å². The van der Waals surface area contributed by atoms with Crippen molar-refractivity contribution in [3.8, 4) is 0 Å². The quantitative estimate of drug-likeness (QED) is 0.910. The molecule has 0 saturated heterocycles. The van der Waals surface area contributed by atoms with Gasteiger partial charge in [-0.3, -0.25) is 4.21 Å². The molecule has 1 unspecified atom stereocenters. The molecule has 19 heavy (non-hydrogen) atoms. The highest BCUT2D eigenvalue weighted by Gasteiger charge is 2.05. The highest BCUT2D eigenvalue weighted by atomic mass is 32.2. The summed E-state index contributed by atoms with van der Waals surface area (Å²) in [7, 11) is -0.872. The molecule has 2 aromatic carbocycles. The Kier molecular flexibility index (Phi) is 4.88. The van der Waals surface area contributed by atoms with E-state index in [2.05, 4.69) is 13.0 Å². The molecule has 3 heteroatoms. The second kappa shape index (κ2) is 6.64. The van der Waals surface area contributed by atoms with Gasteiger partial charge in [0.25, 0.3) is 0 Å². The first kappa shape index (κ1) is 14.0. The van der Waals surface area contributed by atoms with E-state index in [4.69, 9.17) is 5.73 Å². The smallest absolute Gasteiger partial charge is 0.0491 e. The second-order valence-electron chi connectivity index (χ2n) is 4.68. The molecule has 0 aliphatic carbocycles. The number of hydrogen-bond acceptors (Lipinski definition) is 2. The van der Waals surface area contributed by atoms with Crippen LogP contribution in [0.15, 0.2) is 48.5 Å². The summed E-state index contributed by atoms with van der Waals surface area (Å²) >= 11 is 0. The average molecular weight is 273 g/mol. The maximum atomic E-state index is 12.2. The van der Waals surface area contributed by atoms with Crippen LogP contribution in [0.5, 0.6) is 0 Å². The van der Waals surface area contributed by atoms with Gasteiger partial charge in [-0.2, -0.15) is 0 Å². The Morgan fingerprint density at radius 2 is 1.58 bits per heavy atom. The number of hydrogen-bond donors (Lipinski definition) is 1. The van der Waals surface area contributed by atoms with Crippen molar-refractivity contribution in [1.29, 1.82) is 0 Å². The summed E-state index contributed by atoms with van der Waals surface area (Å²) in [6, 6.07) is 16.1. The van der Waals surface area contributed by atoms with Crippen LogP contribution >= 0.6 is 0 Å². The Bertz CT molecular complexity index is 563. The molecule has 100 valence electrons. The predicted molar refractivity (Wildman–Crippen MR) is 81.1 cm³/mol. The lowest BCUT2D eigenvalue weighted by Crippen LogP contribution is -2.02. The molecule has 2 N–H and O–H groups in total. The Balaban J connectivity index is 1.99. The van der Waals surface area contributed by atoms with Gasteiger partial charge in [0.15, 0.2) is 0 Å². The first-order valence-electron chi connectivity index (χ1n) is 6.36. The molecule has 0 aromatic heterocycles. The van der Waals surface area contributed by atoms with Gasteiger partial charge in [0.05, 0.1) is 0 Å². The molecule has 0 amide bonds. The number of rotatable bonds is 5. The summed E-state index contributed by atoms with van der Waals surface area (Å²) in [6.07, 6.45) is 0. The molecule has 0 spiro atoms. The fraction of sp³-hybridized carbons (Fsp3) is 0.250. The molecule has 0 saturated carbocycles. The third kappa shape index (κ3) is 4.01. The minimum Gasteiger partial charge on any atom is -0.326 e. The maximum Gasteiger partial charge on any atom is 0.0491 e. The Labute approximate surface area is 117 Å². The SMILES string of the molecule is Cc1ccccc1CS(=O)Cc1ccc(CN)cc1. The zero-order valence-electron chi connectivity index (χ0n) is 11.1. The number of benzene rings is 2. The fourth-order valence-electron chi connectivity index (χ4n) is 1.95. The molecule has 0 aliphatic rings. The molecule has 2 nitrogen and oxygen atoms in total. The van der Waals surface area contributed by atoms with E-state index in [0.29, 0.717) is 18.1 Å². The Hall–Kier alpha value is -1.45. The zero-order chi connectivity index (χ0) is 13.7. The molecule has 2 aromatic rings. The van der Waals surface area contributed by atoms with Gasteiger partial charge in [0.2, 0.25) is 0 Å². The lowest BCUT2D eigenvalue weighted by molar-refractivity contribution is 0.682. The van der Waals surface area contributed by atoms with E-state index in [0.717, 1.165) is 11.1 Å². The Morgan fingerprint density at radius 3 is 2.21 bits per heavy atom. The van der Waals surface area contributed by atoms with E-state index >= 15 is 0 Å². The molecule has 0 radical (unpaired) electrons. The van der Waals surface area contributed by atoms with Gasteiger partial charge in [-0.25, -0.2) is 0 Å². The van der Waals surface area contributed by atoms with Crippen LogP contribution in [0.1, 0.15) is 22.3 Å². The van der Waals surface area contributed by atoms with Gasteiger partial charge < -0.3 is 5.73 Å². The van der Waals surface area contributed by atoms with Crippen molar-refractivity contribution in [2.24, 2.45) is 5.73 Å². The van der Waals surface area contributed by atoms with Crippen LogP contribution in [0.25, 0.3) is 0 Å². The van der Waals surface area contributed by atoms with Crippen LogP contribution in [0.2, 0.25) is 0 Å². The van der Waals surface area contributed by atoms with Gasteiger partial charge in [-0.05, 0) is 29.2 Å². The van der Waals surface area contributed by atoms with Gasteiger partial charge in [0.1, 0.15) is 0 Å². The van der Waals surface area contributed by atoms with Crippen molar-refractivity contribution in [3.05, 3.63) is 70.8 Å². The van der Waals surface area contributed by atoms with Crippen molar-refractivity contribution in [3.63, 3.8) is 0 Å². The van der Waals surface area contributed by atoms with Crippen LogP contribution < -0.4 is 5.73 Å². The molecule has 0 aliphatic heterocycles. The Morgan fingerprint density at radius 1 is 0.947 bits per heavy atom. The first-order chi connectivity index (χ1) is 9.19. The number of nitrogens with two attached hydrogens (primary N) is 1. The summed E-state index contributed by atoms with van der Waals surface area (Å²) in [6.45, 7) is 2.61. The molecular formula is C16H19NOS. The van der Waals surface area contributed by atoms with Crippen LogP contribution in [0, 0.1) is 6.92 Å². The van der Waals surface area contributed by atoms with E-state index in [-0.39, 0.29) is 0 Å². The largest absolute Gasteiger partial charge is 0.326 e. The molecule has 2 rings (SSSR count). The van der Waals surface area contributed by atoms with Crippen molar-refractivity contribution in [1.82, 2.24) is 0 Å². The predicted octanol–water partition coefficient (Wildman–Crippen LogP) is 2.90. The lowest BCUT2D eigenvalue weighted by atomic mass is 10.1. The van der Waals surface area contributed by atoms with Crippen LogP contribution in [-0.2, 0) is 28.9 Å². The summed E-state index contributed by atoms with van der Waals surface area (Å²) in [5.41, 5.74) is 10.1. The molecule has 0 bridgehead atoms. The molecule has 0 fully saturated rings. The van der Waals surface area contributed by atoms with E-state index in [1.54, 1.807) is 0 Å². The van der Waals surface area contributed by atoms with Gasteiger partial charge in [0, 0.05) is 28.9 Å². The standard InChI is InChI=1S/C16H19NOS/c1-13-4-2-3-5-16(13)12-19(18)11-15-8-6-14(10-17)7-9-15/h2-9H,10-12,17H2,1H3. The third-order valence-electron chi connectivity index (χ3n) is 3.16. The van der Waals surface area contributed by atoms with E-state index < -0.39 is 10.8 Å². The second-order valence-corrected chi connectivity index (χ2v) is 6.13. The minimum atomic E-state index is -0.872. The topological polar surface area (TPSA) is 43.1 Å². The van der Waals surface area contributed by atoms with Crippen molar-refractivity contribution >= 4 is 10.8 Å². The highest BCUT2D eigenvalue weighted by molar-refractivity contribution is 7.83. The molecular weight excluding hydrogens is 254 g/mol. The summed E-state index contributed by atoms with van der Waals surface area (Å²) < 4.78 is 12.2. The maximum absolute atomic E-state index is 12.2. The van der Waals surface area contributed by atoms with Gasteiger partial charge >= 0.3 is 0 Å². The minimum absolute atomic E-state index is 0.548. The molecule has 0 heterocycles. The summed E-state index contributed by atoms with van der Waals surface area (Å²) in [5, 5.41) is 0. The third-order valence-corrected chi connectivity index (χ3v) is 4.45. The van der Waals surface area contributed by atoms with E-state index in [1.165, 1.54) is 11.1 Å². The van der Waals surface area contributed by atoms with Crippen molar-refractivity contribution in [2.75, 3.05) is 0 Å². The monoisotopic (exact) mass is 273 g/mol. The number of aryl methyl sites for hydroxylation is 1. The average Bonchev–Trinajstić information content (AvgIpc) is 2.42. The van der Waals surface area contributed by atoms with Gasteiger partial charge in [-0.15, -0.1) is 0 Å². The lowest BCUT2D eigenvalue weighted by Gasteiger charge is -2.06. The van der Waals surface area contributed by atoms with Gasteiger partial charge in [-0.1, -0.05) is 48.5 Å². The molecule has 1 atom stereocenters. The normalized spacial score (nSPS) is 12.3. The van der Waals surface area contributed by atoms with Crippen LogP contribution in [-0.4, -0.2) is 4.21 Å². The van der Waals surface area contributed by atoms with Crippen LogP contribution in [0.4, 0.5) is 0 Å². The van der Waals surface area contributed by atoms with Crippen molar-refractivity contribution in [2.45, 2.75) is 25.0 Å². The zero-order valence-corrected chi connectivity index (χ0v) is 12.0. The highest BCUT2D eigenvalue weighted by Crippen LogP contribution is 2.13. The summed E-state index contributed by atoms with van der Waals surface area (Å²) in [4.78, 5) is 0. The summed E-state index contributed by atoms with van der Waals surface area (Å²) in [5.74, 6) is 1.21. The van der Waals surface area contributed by atoms with Crippen molar-refractivity contribution < 1.29 is 4.21 Å². The van der Waals surface area contributed by atoms with Crippen LogP contribution in [0.3, 0.4) is 0 Å². The first-order valence-corrected chi connectivity index (χ1v) is 7.85. The fourth-order valence-corrected chi connectivity index (χ4v) is 3.29.